The van der Waals surface area contributed by atoms with E-state index in [1.807, 2.05) is 0 Å². The highest BCUT2D eigenvalue weighted by Gasteiger charge is 2.21. The van der Waals surface area contributed by atoms with Crippen LogP contribution < -0.4 is 26.2 Å². The van der Waals surface area contributed by atoms with Crippen LogP contribution >= 0.6 is 35.4 Å². The third-order valence-corrected chi connectivity index (χ3v) is 5.92. The van der Waals surface area contributed by atoms with Crippen molar-refractivity contribution in [1.82, 2.24) is 16.2 Å². The number of anilines is 1. The monoisotopic (exact) mass is 522 g/mol. The van der Waals surface area contributed by atoms with Gasteiger partial charge in [0.2, 0.25) is 5.91 Å². The number of hydrogen-bond donors (Lipinski definition) is 4. The lowest BCUT2D eigenvalue weighted by Crippen LogP contribution is -2.49. The molecule has 0 radical (unpaired) electrons. The minimum Gasteiger partial charge on any atom is -0.482 e. The number of hydrazine groups is 1. The molecule has 34 heavy (non-hydrogen) atoms. The van der Waals surface area contributed by atoms with Gasteiger partial charge < -0.3 is 10.1 Å². The van der Waals surface area contributed by atoms with Crippen LogP contribution in [-0.2, 0) is 9.59 Å². The Morgan fingerprint density at radius 2 is 1.68 bits per heavy atom. The lowest BCUT2D eigenvalue weighted by atomic mass is 9.88. The number of benzene rings is 2. The predicted molar refractivity (Wildman–Crippen MR) is 135 cm³/mol. The molecular formula is C23H24Cl2N4O4S. The van der Waals surface area contributed by atoms with Crippen molar-refractivity contribution in [3.8, 4) is 5.75 Å². The number of halogens is 2. The molecule has 0 spiro atoms. The van der Waals surface area contributed by atoms with Crippen LogP contribution in [0.1, 0.15) is 42.5 Å². The van der Waals surface area contributed by atoms with Gasteiger partial charge >= 0.3 is 0 Å². The van der Waals surface area contributed by atoms with Gasteiger partial charge in [-0.1, -0.05) is 42.5 Å². The molecule has 1 aliphatic carbocycles. The summed E-state index contributed by atoms with van der Waals surface area (Å²) < 4.78 is 5.32. The molecule has 0 saturated heterocycles. The van der Waals surface area contributed by atoms with Crippen LogP contribution in [0.15, 0.2) is 42.5 Å². The number of thiocarbonyl (C=S) groups is 1. The predicted octanol–water partition coefficient (Wildman–Crippen LogP) is 4.23. The maximum absolute atomic E-state index is 12.3. The molecule has 1 saturated carbocycles. The fourth-order valence-corrected chi connectivity index (χ4v) is 4.06. The summed E-state index contributed by atoms with van der Waals surface area (Å²) in [6, 6.07) is 11.1. The summed E-state index contributed by atoms with van der Waals surface area (Å²) in [4.78, 5) is 36.6. The van der Waals surface area contributed by atoms with E-state index in [1.54, 1.807) is 36.4 Å². The number of rotatable bonds is 6. The zero-order chi connectivity index (χ0) is 24.5. The van der Waals surface area contributed by atoms with E-state index in [0.29, 0.717) is 22.0 Å². The Labute approximate surface area is 212 Å². The average molecular weight is 523 g/mol. The van der Waals surface area contributed by atoms with E-state index in [0.717, 1.165) is 25.7 Å². The molecule has 0 atom stereocenters. The quantitative estimate of drug-likeness (QED) is 0.334. The van der Waals surface area contributed by atoms with Gasteiger partial charge in [-0.2, -0.15) is 0 Å². The highest BCUT2D eigenvalue weighted by atomic mass is 35.5. The molecule has 3 rings (SSSR count). The summed E-state index contributed by atoms with van der Waals surface area (Å²) in [6.45, 7) is -0.342. The Hall–Kier alpha value is -2.88. The molecular weight excluding hydrogens is 499 g/mol. The Morgan fingerprint density at radius 1 is 0.971 bits per heavy atom. The van der Waals surface area contributed by atoms with E-state index < -0.39 is 11.8 Å². The van der Waals surface area contributed by atoms with Crippen molar-refractivity contribution in [3.63, 3.8) is 0 Å². The number of carbonyl (C=O) groups is 3. The van der Waals surface area contributed by atoms with E-state index >= 15 is 0 Å². The first-order valence-corrected chi connectivity index (χ1v) is 11.9. The molecule has 1 aliphatic rings. The van der Waals surface area contributed by atoms with Crippen molar-refractivity contribution in [2.24, 2.45) is 5.92 Å². The van der Waals surface area contributed by atoms with Crippen LogP contribution in [-0.4, -0.2) is 29.4 Å². The Balaban J connectivity index is 1.39. The van der Waals surface area contributed by atoms with E-state index in [-0.39, 0.29) is 28.6 Å². The van der Waals surface area contributed by atoms with E-state index in [9.17, 15) is 14.4 Å². The number of ether oxygens (including phenoxy) is 1. The maximum atomic E-state index is 12.3. The summed E-state index contributed by atoms with van der Waals surface area (Å²) in [5, 5.41) is 5.88. The van der Waals surface area contributed by atoms with Crippen molar-refractivity contribution in [1.29, 1.82) is 0 Å². The molecule has 3 amide bonds. The minimum atomic E-state index is -0.546. The lowest BCUT2D eigenvalue weighted by molar-refractivity contribution is -0.122. The van der Waals surface area contributed by atoms with E-state index in [1.165, 1.54) is 12.5 Å². The van der Waals surface area contributed by atoms with Crippen LogP contribution in [0.25, 0.3) is 0 Å². The molecule has 8 nitrogen and oxygen atoms in total. The summed E-state index contributed by atoms with van der Waals surface area (Å²) in [6.07, 6.45) is 5.16. The summed E-state index contributed by atoms with van der Waals surface area (Å²) in [7, 11) is 0. The molecule has 180 valence electrons. The first kappa shape index (κ1) is 25.7. The van der Waals surface area contributed by atoms with Gasteiger partial charge in [-0.15, -0.1) is 0 Å². The molecule has 4 N–H and O–H groups in total. The molecule has 0 aliphatic heterocycles. The highest BCUT2D eigenvalue weighted by molar-refractivity contribution is 7.80. The molecule has 0 unspecified atom stereocenters. The maximum Gasteiger partial charge on any atom is 0.269 e. The standard InChI is InChI=1S/C23H24Cl2N4O4S/c24-16-8-11-19(18(25)12-16)33-13-20(30)27-23(34)29-28-22(32)15-6-9-17(10-7-15)26-21(31)14-4-2-1-3-5-14/h6-12,14H,1-5,13H2,(H,26,31)(H,28,32)(H2,27,29,30,34). The molecule has 1 fully saturated rings. The minimum absolute atomic E-state index is 0.0157. The third-order valence-electron chi connectivity index (χ3n) is 5.19. The van der Waals surface area contributed by atoms with Crippen LogP contribution in [0.2, 0.25) is 10.0 Å². The molecule has 11 heteroatoms. The van der Waals surface area contributed by atoms with Crippen molar-refractivity contribution in [2.75, 3.05) is 11.9 Å². The average Bonchev–Trinajstić information content (AvgIpc) is 2.83. The Bertz CT molecular complexity index is 1060. The van der Waals surface area contributed by atoms with E-state index in [4.69, 9.17) is 40.2 Å². The van der Waals surface area contributed by atoms with Crippen molar-refractivity contribution in [2.45, 2.75) is 32.1 Å². The molecule has 2 aromatic carbocycles. The Kier molecular flexibility index (Phi) is 9.50. The van der Waals surface area contributed by atoms with Crippen LogP contribution in [0.5, 0.6) is 5.75 Å². The Morgan fingerprint density at radius 3 is 2.35 bits per heavy atom. The first-order chi connectivity index (χ1) is 16.3. The highest BCUT2D eigenvalue weighted by Crippen LogP contribution is 2.27. The van der Waals surface area contributed by atoms with Gasteiger partial charge in [0.25, 0.3) is 11.8 Å². The van der Waals surface area contributed by atoms with Gasteiger partial charge in [0.15, 0.2) is 11.7 Å². The summed E-state index contributed by atoms with van der Waals surface area (Å²) >= 11 is 16.8. The van der Waals surface area contributed by atoms with Gasteiger partial charge in [-0.3, -0.25) is 30.6 Å². The zero-order valence-corrected chi connectivity index (χ0v) is 20.5. The van der Waals surface area contributed by atoms with E-state index in [2.05, 4.69) is 21.5 Å². The summed E-state index contributed by atoms with van der Waals surface area (Å²) in [5.74, 6) is -0.652. The number of hydrogen-bond acceptors (Lipinski definition) is 5. The third kappa shape index (κ3) is 7.86. The van der Waals surface area contributed by atoms with Gasteiger partial charge in [-0.05, 0) is 67.5 Å². The van der Waals surface area contributed by atoms with Crippen molar-refractivity contribution >= 4 is 63.9 Å². The summed E-state index contributed by atoms with van der Waals surface area (Å²) in [5.41, 5.74) is 5.82. The largest absolute Gasteiger partial charge is 0.482 e. The SMILES string of the molecule is O=C(COc1ccc(Cl)cc1Cl)NC(=S)NNC(=O)c1ccc(NC(=O)C2CCCCC2)cc1. The van der Waals surface area contributed by atoms with Gasteiger partial charge in [0.05, 0.1) is 5.02 Å². The second kappa shape index (κ2) is 12.5. The normalized spacial score (nSPS) is 13.5. The molecule has 2 aromatic rings. The lowest BCUT2D eigenvalue weighted by Gasteiger charge is -2.20. The van der Waals surface area contributed by atoms with Gasteiger partial charge in [-0.25, -0.2) is 0 Å². The molecule has 0 bridgehead atoms. The van der Waals surface area contributed by atoms with Gasteiger partial charge in [0, 0.05) is 22.2 Å². The van der Waals surface area contributed by atoms with Crippen molar-refractivity contribution < 1.29 is 19.1 Å². The second-order valence-corrected chi connectivity index (χ2v) is 8.97. The molecule has 0 heterocycles. The van der Waals surface area contributed by atoms with Crippen molar-refractivity contribution in [3.05, 3.63) is 58.1 Å². The number of amides is 3. The fourth-order valence-electron chi connectivity index (χ4n) is 3.43. The second-order valence-electron chi connectivity index (χ2n) is 7.72. The van der Waals surface area contributed by atoms with Gasteiger partial charge in [0.1, 0.15) is 5.75 Å². The van der Waals surface area contributed by atoms with Crippen LogP contribution in [0.4, 0.5) is 5.69 Å². The number of nitrogens with one attached hydrogen (secondary N) is 4. The zero-order valence-electron chi connectivity index (χ0n) is 18.2. The smallest absolute Gasteiger partial charge is 0.269 e. The topological polar surface area (TPSA) is 109 Å². The van der Waals surface area contributed by atoms with Crippen LogP contribution in [0.3, 0.4) is 0 Å². The number of carbonyl (C=O) groups excluding carboxylic acids is 3. The molecule has 0 aromatic heterocycles. The fraction of sp³-hybridized carbons (Fsp3) is 0.304. The first-order valence-electron chi connectivity index (χ1n) is 10.7. The van der Waals surface area contributed by atoms with Crippen LogP contribution in [0, 0.1) is 5.92 Å².